The maximum Gasteiger partial charge on any atom is 0.319 e. The van der Waals surface area contributed by atoms with Crippen LogP contribution < -0.4 is 15.4 Å². The van der Waals surface area contributed by atoms with Crippen LogP contribution in [0.2, 0.25) is 0 Å². The highest BCUT2D eigenvalue weighted by Gasteiger charge is 2.15. The molecule has 0 spiro atoms. The first-order valence-corrected chi connectivity index (χ1v) is 6.58. The third-order valence-electron chi connectivity index (χ3n) is 3.12. The van der Waals surface area contributed by atoms with Crippen LogP contribution in [0.15, 0.2) is 24.3 Å². The summed E-state index contributed by atoms with van der Waals surface area (Å²) in [6, 6.07) is 7.03. The zero-order valence-corrected chi connectivity index (χ0v) is 11.1. The third-order valence-corrected chi connectivity index (χ3v) is 3.12. The van der Waals surface area contributed by atoms with Gasteiger partial charge in [0.1, 0.15) is 5.75 Å². The number of amides is 2. The number of ether oxygens (including phenoxy) is 2. The summed E-state index contributed by atoms with van der Waals surface area (Å²) in [5.74, 6) is 0.768. The quantitative estimate of drug-likeness (QED) is 0.858. The first-order chi connectivity index (χ1) is 9.28. The molecule has 1 heterocycles. The molecule has 0 aliphatic carbocycles. The van der Waals surface area contributed by atoms with Gasteiger partial charge in [-0.05, 0) is 43.5 Å². The summed E-state index contributed by atoms with van der Waals surface area (Å²) in [7, 11) is 1.61. The highest BCUT2D eigenvalue weighted by Crippen LogP contribution is 2.15. The fourth-order valence-electron chi connectivity index (χ4n) is 2.07. The number of carbonyl (C=O) groups excluding carboxylic acids is 1. The molecule has 5 heteroatoms. The Kier molecular flexibility index (Phi) is 5.03. The monoisotopic (exact) mass is 264 g/mol. The Morgan fingerprint density at radius 1 is 1.42 bits per heavy atom. The lowest BCUT2D eigenvalue weighted by Gasteiger charge is -2.11. The van der Waals surface area contributed by atoms with Crippen molar-refractivity contribution in [1.29, 1.82) is 0 Å². The van der Waals surface area contributed by atoms with Gasteiger partial charge in [-0.15, -0.1) is 0 Å². The van der Waals surface area contributed by atoms with E-state index in [1.54, 1.807) is 19.2 Å². The van der Waals surface area contributed by atoms with Gasteiger partial charge in [-0.25, -0.2) is 4.79 Å². The molecule has 0 unspecified atom stereocenters. The van der Waals surface area contributed by atoms with Gasteiger partial charge in [0.05, 0.1) is 13.2 Å². The van der Waals surface area contributed by atoms with Crippen LogP contribution in [-0.2, 0) is 4.74 Å². The van der Waals surface area contributed by atoms with Crippen LogP contribution in [0.4, 0.5) is 10.5 Å². The molecule has 1 aromatic rings. The Morgan fingerprint density at radius 3 is 2.84 bits per heavy atom. The van der Waals surface area contributed by atoms with E-state index >= 15 is 0 Å². The van der Waals surface area contributed by atoms with Crippen molar-refractivity contribution >= 4 is 11.7 Å². The van der Waals surface area contributed by atoms with Crippen molar-refractivity contribution in [2.24, 2.45) is 0 Å². The smallest absolute Gasteiger partial charge is 0.319 e. The molecule has 1 saturated heterocycles. The van der Waals surface area contributed by atoms with Crippen molar-refractivity contribution < 1.29 is 14.3 Å². The van der Waals surface area contributed by atoms with Gasteiger partial charge in [0.2, 0.25) is 0 Å². The maximum absolute atomic E-state index is 11.6. The normalized spacial score (nSPS) is 18.1. The lowest BCUT2D eigenvalue weighted by atomic mass is 10.2. The highest BCUT2D eigenvalue weighted by atomic mass is 16.5. The van der Waals surface area contributed by atoms with Crippen molar-refractivity contribution in [1.82, 2.24) is 5.32 Å². The van der Waals surface area contributed by atoms with E-state index in [1.165, 1.54) is 0 Å². The fourth-order valence-corrected chi connectivity index (χ4v) is 2.07. The molecule has 19 heavy (non-hydrogen) atoms. The summed E-state index contributed by atoms with van der Waals surface area (Å²) < 4.78 is 10.5. The van der Waals surface area contributed by atoms with Gasteiger partial charge >= 0.3 is 6.03 Å². The zero-order chi connectivity index (χ0) is 13.5. The Hall–Kier alpha value is -1.75. The number of nitrogens with one attached hydrogen (secondary N) is 2. The second-order valence-corrected chi connectivity index (χ2v) is 4.53. The van der Waals surface area contributed by atoms with Crippen LogP contribution >= 0.6 is 0 Å². The third kappa shape index (κ3) is 4.44. The molecule has 2 rings (SSSR count). The van der Waals surface area contributed by atoms with Crippen LogP contribution in [0.3, 0.4) is 0 Å². The summed E-state index contributed by atoms with van der Waals surface area (Å²) in [6.45, 7) is 1.48. The number of hydrogen-bond acceptors (Lipinski definition) is 3. The topological polar surface area (TPSA) is 59.6 Å². The molecular weight excluding hydrogens is 244 g/mol. The first kappa shape index (κ1) is 13.7. The summed E-state index contributed by atoms with van der Waals surface area (Å²) >= 11 is 0. The predicted molar refractivity (Wildman–Crippen MR) is 73.6 cm³/mol. The van der Waals surface area contributed by atoms with Crippen molar-refractivity contribution in [2.45, 2.75) is 25.4 Å². The highest BCUT2D eigenvalue weighted by molar-refractivity contribution is 5.89. The fraction of sp³-hybridized carbons (Fsp3) is 0.500. The van der Waals surface area contributed by atoms with E-state index in [0.717, 1.165) is 37.3 Å². The molecule has 1 fully saturated rings. The molecule has 104 valence electrons. The van der Waals surface area contributed by atoms with E-state index in [4.69, 9.17) is 9.47 Å². The van der Waals surface area contributed by atoms with Gasteiger partial charge in [0.15, 0.2) is 0 Å². The summed E-state index contributed by atoms with van der Waals surface area (Å²) in [5, 5.41) is 5.60. The SMILES string of the molecule is COc1ccc(NC(=O)NCC[C@H]2CCCO2)cc1. The first-order valence-electron chi connectivity index (χ1n) is 6.58. The van der Waals surface area contributed by atoms with E-state index < -0.39 is 0 Å². The van der Waals surface area contributed by atoms with Crippen molar-refractivity contribution in [3.63, 3.8) is 0 Å². The van der Waals surface area contributed by atoms with Crippen molar-refractivity contribution in [2.75, 3.05) is 25.6 Å². The van der Waals surface area contributed by atoms with Gasteiger partial charge in [-0.2, -0.15) is 0 Å². The van der Waals surface area contributed by atoms with E-state index in [9.17, 15) is 4.79 Å². The summed E-state index contributed by atoms with van der Waals surface area (Å²) in [6.07, 6.45) is 3.40. The number of benzene rings is 1. The maximum atomic E-state index is 11.6. The van der Waals surface area contributed by atoms with Gasteiger partial charge in [0, 0.05) is 18.8 Å². The molecule has 0 radical (unpaired) electrons. The minimum atomic E-state index is -0.192. The molecule has 2 amide bonds. The Bertz CT molecular complexity index is 400. The van der Waals surface area contributed by atoms with E-state index in [1.807, 2.05) is 12.1 Å². The molecule has 2 N–H and O–H groups in total. The zero-order valence-electron chi connectivity index (χ0n) is 11.1. The standard InChI is InChI=1S/C14H20N2O3/c1-18-12-6-4-11(5-7-12)16-14(17)15-9-8-13-3-2-10-19-13/h4-7,13H,2-3,8-10H2,1H3,(H2,15,16,17)/t13-/m1/s1. The number of carbonyl (C=O) groups is 1. The van der Waals surface area contributed by atoms with E-state index in [-0.39, 0.29) is 6.03 Å². The number of rotatable bonds is 5. The lowest BCUT2D eigenvalue weighted by molar-refractivity contribution is 0.105. The molecule has 1 aliphatic heterocycles. The van der Waals surface area contributed by atoms with Gasteiger partial charge in [-0.1, -0.05) is 0 Å². The van der Waals surface area contributed by atoms with E-state index in [2.05, 4.69) is 10.6 Å². The Balaban J connectivity index is 1.68. The predicted octanol–water partition coefficient (Wildman–Crippen LogP) is 2.39. The van der Waals surface area contributed by atoms with Crippen LogP contribution in [0, 0.1) is 0 Å². The lowest BCUT2D eigenvalue weighted by Crippen LogP contribution is -2.31. The van der Waals surface area contributed by atoms with Crippen LogP contribution in [-0.4, -0.2) is 32.4 Å². The summed E-state index contributed by atoms with van der Waals surface area (Å²) in [4.78, 5) is 11.6. The Labute approximate surface area is 113 Å². The molecule has 0 aromatic heterocycles. The molecule has 0 saturated carbocycles. The average Bonchev–Trinajstić information content (AvgIpc) is 2.93. The van der Waals surface area contributed by atoms with Gasteiger partial charge in [0.25, 0.3) is 0 Å². The minimum Gasteiger partial charge on any atom is -0.497 e. The number of urea groups is 1. The average molecular weight is 264 g/mol. The molecular formula is C14H20N2O3. The van der Waals surface area contributed by atoms with Crippen LogP contribution in [0.5, 0.6) is 5.75 Å². The molecule has 1 aliphatic rings. The summed E-state index contributed by atoms with van der Waals surface area (Å²) in [5.41, 5.74) is 0.746. The van der Waals surface area contributed by atoms with Crippen molar-refractivity contribution in [3.8, 4) is 5.75 Å². The largest absolute Gasteiger partial charge is 0.497 e. The molecule has 5 nitrogen and oxygen atoms in total. The van der Waals surface area contributed by atoms with Gasteiger partial charge < -0.3 is 20.1 Å². The number of methoxy groups -OCH3 is 1. The van der Waals surface area contributed by atoms with Crippen LogP contribution in [0.1, 0.15) is 19.3 Å². The number of hydrogen-bond donors (Lipinski definition) is 2. The second kappa shape index (κ2) is 6.99. The molecule has 1 atom stereocenters. The Morgan fingerprint density at radius 2 is 2.21 bits per heavy atom. The van der Waals surface area contributed by atoms with Crippen molar-refractivity contribution in [3.05, 3.63) is 24.3 Å². The van der Waals surface area contributed by atoms with Gasteiger partial charge in [-0.3, -0.25) is 0 Å². The van der Waals surface area contributed by atoms with Crippen LogP contribution in [0.25, 0.3) is 0 Å². The molecule has 0 bridgehead atoms. The number of anilines is 1. The van der Waals surface area contributed by atoms with E-state index in [0.29, 0.717) is 12.6 Å². The minimum absolute atomic E-state index is 0.192. The second-order valence-electron chi connectivity index (χ2n) is 4.53. The molecule has 1 aromatic carbocycles.